The zero-order valence-electron chi connectivity index (χ0n) is 13.6. The number of rotatable bonds is 4. The van der Waals surface area contributed by atoms with Gasteiger partial charge in [-0.1, -0.05) is 23.4 Å². The van der Waals surface area contributed by atoms with E-state index in [2.05, 4.69) is 32.9 Å². The van der Waals surface area contributed by atoms with Crippen molar-refractivity contribution < 1.29 is 4.52 Å². The third-order valence-corrected chi connectivity index (χ3v) is 4.39. The van der Waals surface area contributed by atoms with E-state index < -0.39 is 0 Å². The molecular formula is C17H21N5O. The van der Waals surface area contributed by atoms with Crippen molar-refractivity contribution in [3.05, 3.63) is 47.1 Å². The highest BCUT2D eigenvalue weighted by Crippen LogP contribution is 2.21. The monoisotopic (exact) mass is 311 g/mol. The van der Waals surface area contributed by atoms with Crippen LogP contribution in [0.4, 0.5) is 0 Å². The Morgan fingerprint density at radius 2 is 2.00 bits per heavy atom. The van der Waals surface area contributed by atoms with Gasteiger partial charge in [0.1, 0.15) is 0 Å². The number of hydrogen-bond acceptors (Lipinski definition) is 6. The maximum atomic E-state index is 9.19. The van der Waals surface area contributed by atoms with Gasteiger partial charge in [-0.05, 0) is 25.5 Å². The number of nitrogens with zero attached hydrogens (tertiary/aromatic N) is 5. The maximum Gasteiger partial charge on any atom is 0.243 e. The van der Waals surface area contributed by atoms with Crippen molar-refractivity contribution in [3.63, 3.8) is 0 Å². The molecule has 3 rings (SSSR count). The smallest absolute Gasteiger partial charge is 0.243 e. The normalized spacial score (nSPS) is 17.8. The third-order valence-electron chi connectivity index (χ3n) is 4.39. The Bertz CT molecular complexity index is 697. The second-order valence-electron chi connectivity index (χ2n) is 5.94. The fourth-order valence-electron chi connectivity index (χ4n) is 2.96. The van der Waals surface area contributed by atoms with Crippen LogP contribution in [-0.2, 0) is 6.54 Å². The van der Waals surface area contributed by atoms with Gasteiger partial charge in [0.2, 0.25) is 5.89 Å². The van der Waals surface area contributed by atoms with Gasteiger partial charge in [-0.15, -0.1) is 0 Å². The predicted octanol–water partition coefficient (Wildman–Crippen LogP) is 2.13. The highest BCUT2D eigenvalue weighted by molar-refractivity contribution is 5.37. The van der Waals surface area contributed by atoms with Crippen LogP contribution in [0.3, 0.4) is 0 Å². The minimum absolute atomic E-state index is 0.143. The summed E-state index contributed by atoms with van der Waals surface area (Å²) in [4.78, 5) is 9.07. The number of piperazine rings is 1. The van der Waals surface area contributed by atoms with Gasteiger partial charge < -0.3 is 4.52 Å². The molecule has 0 bridgehead atoms. The Kier molecular flexibility index (Phi) is 4.70. The average molecular weight is 311 g/mol. The van der Waals surface area contributed by atoms with E-state index in [0.29, 0.717) is 11.7 Å². The Balaban J connectivity index is 1.57. The molecule has 0 aliphatic carbocycles. The van der Waals surface area contributed by atoms with Crippen molar-refractivity contribution in [3.8, 4) is 6.07 Å². The van der Waals surface area contributed by atoms with Gasteiger partial charge in [0.05, 0.1) is 17.7 Å². The fraction of sp³-hybridized carbons (Fsp3) is 0.471. The van der Waals surface area contributed by atoms with E-state index in [1.165, 1.54) is 0 Å². The van der Waals surface area contributed by atoms with E-state index in [4.69, 9.17) is 4.52 Å². The molecule has 1 aliphatic rings. The maximum absolute atomic E-state index is 9.19. The molecule has 0 N–H and O–H groups in total. The quantitative estimate of drug-likeness (QED) is 0.861. The molecule has 6 nitrogen and oxygen atoms in total. The second-order valence-corrected chi connectivity index (χ2v) is 5.94. The summed E-state index contributed by atoms with van der Waals surface area (Å²) in [6, 6.07) is 10.2. The number of aryl methyl sites for hydroxylation is 1. The van der Waals surface area contributed by atoms with Crippen LogP contribution in [0.15, 0.2) is 28.8 Å². The summed E-state index contributed by atoms with van der Waals surface area (Å²) in [5, 5.41) is 13.1. The molecule has 23 heavy (non-hydrogen) atoms. The molecule has 0 spiro atoms. The van der Waals surface area contributed by atoms with E-state index in [0.717, 1.165) is 43.9 Å². The topological polar surface area (TPSA) is 69.2 Å². The van der Waals surface area contributed by atoms with Gasteiger partial charge in [-0.3, -0.25) is 9.80 Å². The first-order valence-electron chi connectivity index (χ1n) is 7.92. The zero-order valence-corrected chi connectivity index (χ0v) is 13.6. The largest absolute Gasteiger partial charge is 0.338 e. The van der Waals surface area contributed by atoms with E-state index in [9.17, 15) is 5.26 Å². The first-order valence-corrected chi connectivity index (χ1v) is 7.92. The third kappa shape index (κ3) is 3.58. The minimum atomic E-state index is 0.143. The summed E-state index contributed by atoms with van der Waals surface area (Å²) >= 11 is 0. The lowest BCUT2D eigenvalue weighted by molar-refractivity contribution is 0.0845. The van der Waals surface area contributed by atoms with Crippen molar-refractivity contribution in [1.82, 2.24) is 19.9 Å². The lowest BCUT2D eigenvalue weighted by Crippen LogP contribution is -2.46. The molecule has 1 aliphatic heterocycles. The molecule has 0 saturated carbocycles. The van der Waals surface area contributed by atoms with Crippen LogP contribution in [0.2, 0.25) is 0 Å². The summed E-state index contributed by atoms with van der Waals surface area (Å²) in [7, 11) is 0. The molecule has 1 aromatic heterocycles. The van der Waals surface area contributed by atoms with Gasteiger partial charge in [-0.25, -0.2) is 0 Å². The van der Waals surface area contributed by atoms with Crippen LogP contribution in [-0.4, -0.2) is 46.1 Å². The van der Waals surface area contributed by atoms with Crippen molar-refractivity contribution in [2.75, 3.05) is 26.2 Å². The Labute approximate surface area is 136 Å². The lowest BCUT2D eigenvalue weighted by Gasteiger charge is -2.36. The van der Waals surface area contributed by atoms with Crippen molar-refractivity contribution >= 4 is 0 Å². The molecule has 1 atom stereocenters. The van der Waals surface area contributed by atoms with Crippen LogP contribution in [0, 0.1) is 18.3 Å². The summed E-state index contributed by atoms with van der Waals surface area (Å²) in [6.07, 6.45) is 0. The lowest BCUT2D eigenvalue weighted by atomic mass is 10.1. The highest BCUT2D eigenvalue weighted by atomic mass is 16.5. The summed E-state index contributed by atoms with van der Waals surface area (Å²) < 4.78 is 5.28. The zero-order chi connectivity index (χ0) is 16.2. The van der Waals surface area contributed by atoms with Crippen molar-refractivity contribution in [1.29, 1.82) is 5.26 Å². The van der Waals surface area contributed by atoms with Gasteiger partial charge in [0.25, 0.3) is 0 Å². The predicted molar refractivity (Wildman–Crippen MR) is 85.5 cm³/mol. The first kappa shape index (κ1) is 15.7. The van der Waals surface area contributed by atoms with Gasteiger partial charge in [0, 0.05) is 32.7 Å². The molecule has 2 aromatic rings. The molecule has 0 radical (unpaired) electrons. The molecular weight excluding hydrogens is 290 g/mol. The number of hydrogen-bond donors (Lipinski definition) is 0. The SMILES string of the molecule is Cc1noc(C(C)N2CCN(Cc3ccccc3C#N)CC2)n1. The standard InChI is InChI=1S/C17H21N5O/c1-13(17-19-14(2)20-23-17)22-9-7-21(8-10-22)12-16-6-4-3-5-15(16)11-18/h3-6,13H,7-10,12H2,1-2H3. The number of benzene rings is 1. The van der Waals surface area contributed by atoms with E-state index in [-0.39, 0.29) is 6.04 Å². The van der Waals surface area contributed by atoms with Gasteiger partial charge in [-0.2, -0.15) is 10.2 Å². The molecule has 0 amide bonds. The molecule has 120 valence electrons. The molecule has 6 heteroatoms. The Hall–Kier alpha value is -2.23. The molecule has 1 fully saturated rings. The molecule has 1 saturated heterocycles. The van der Waals surface area contributed by atoms with Crippen LogP contribution < -0.4 is 0 Å². The van der Waals surface area contributed by atoms with Crippen LogP contribution in [0.25, 0.3) is 0 Å². The molecule has 1 aromatic carbocycles. The second kappa shape index (κ2) is 6.90. The molecule has 2 heterocycles. The van der Waals surface area contributed by atoms with E-state index in [1.54, 1.807) is 0 Å². The fourth-order valence-corrected chi connectivity index (χ4v) is 2.96. The average Bonchev–Trinajstić information content (AvgIpc) is 3.02. The summed E-state index contributed by atoms with van der Waals surface area (Å²) in [5.74, 6) is 1.37. The first-order chi connectivity index (χ1) is 11.2. The highest BCUT2D eigenvalue weighted by Gasteiger charge is 2.25. The summed E-state index contributed by atoms with van der Waals surface area (Å²) in [5.41, 5.74) is 1.87. The van der Waals surface area contributed by atoms with Crippen molar-refractivity contribution in [2.45, 2.75) is 26.4 Å². The van der Waals surface area contributed by atoms with E-state index >= 15 is 0 Å². The van der Waals surface area contributed by atoms with Crippen LogP contribution in [0.5, 0.6) is 0 Å². The van der Waals surface area contributed by atoms with Crippen molar-refractivity contribution in [2.24, 2.45) is 0 Å². The Morgan fingerprint density at radius 1 is 1.26 bits per heavy atom. The van der Waals surface area contributed by atoms with E-state index in [1.807, 2.05) is 31.2 Å². The minimum Gasteiger partial charge on any atom is -0.338 e. The molecule has 1 unspecified atom stereocenters. The number of aromatic nitrogens is 2. The van der Waals surface area contributed by atoms with Crippen LogP contribution in [0.1, 0.15) is 35.8 Å². The number of nitriles is 1. The van der Waals surface area contributed by atoms with Gasteiger partial charge >= 0.3 is 0 Å². The van der Waals surface area contributed by atoms with Crippen LogP contribution >= 0.6 is 0 Å². The summed E-state index contributed by atoms with van der Waals surface area (Å²) in [6.45, 7) is 8.62. The Morgan fingerprint density at radius 3 is 2.65 bits per heavy atom. The van der Waals surface area contributed by atoms with Gasteiger partial charge in [0.15, 0.2) is 5.82 Å².